The molecule has 10 nitrogen and oxygen atoms in total. The van der Waals surface area contributed by atoms with Gasteiger partial charge in [0, 0.05) is 37.3 Å². The summed E-state index contributed by atoms with van der Waals surface area (Å²) in [7, 11) is 1.48. The molecule has 1 saturated heterocycles. The Morgan fingerprint density at radius 2 is 1.64 bits per heavy atom. The highest BCUT2D eigenvalue weighted by Crippen LogP contribution is 2.34. The predicted octanol–water partition coefficient (Wildman–Crippen LogP) is 4.99. The molecular weight excluding hydrogens is 562 g/mol. The Morgan fingerprint density at radius 1 is 0.909 bits per heavy atom. The topological polar surface area (TPSA) is 106 Å². The van der Waals surface area contributed by atoms with Crippen LogP contribution < -0.4 is 14.5 Å². The Labute approximate surface area is 257 Å². The van der Waals surface area contributed by atoms with Crippen molar-refractivity contribution >= 4 is 35.3 Å². The first-order valence-electron chi connectivity index (χ1n) is 14.9. The number of methoxy groups -OCH3 is 1. The summed E-state index contributed by atoms with van der Waals surface area (Å²) in [5.74, 6) is -0.425. The summed E-state index contributed by atoms with van der Waals surface area (Å²) in [5, 5.41) is 0. The molecule has 3 amide bonds. The number of likely N-dealkylation sites (tertiary alicyclic amines) is 1. The Kier molecular flexibility index (Phi) is 9.79. The summed E-state index contributed by atoms with van der Waals surface area (Å²) in [6.07, 6.45) is 1.64. The van der Waals surface area contributed by atoms with Crippen molar-refractivity contribution in [3.05, 3.63) is 89.5 Å². The van der Waals surface area contributed by atoms with Gasteiger partial charge in [-0.25, -0.2) is 4.79 Å². The molecule has 0 aromatic heterocycles. The maximum atomic E-state index is 14.0. The Hall–Kier alpha value is -4.86. The van der Waals surface area contributed by atoms with Crippen molar-refractivity contribution in [3.8, 4) is 5.75 Å². The van der Waals surface area contributed by atoms with Gasteiger partial charge in [-0.15, -0.1) is 0 Å². The van der Waals surface area contributed by atoms with Crippen molar-refractivity contribution in [3.63, 3.8) is 0 Å². The summed E-state index contributed by atoms with van der Waals surface area (Å²) in [5.41, 5.74) is 3.30. The number of hydrogen-bond acceptors (Lipinski definition) is 7. The van der Waals surface area contributed by atoms with E-state index in [0.717, 1.165) is 28.1 Å². The second-order valence-corrected chi connectivity index (χ2v) is 10.7. The fourth-order valence-corrected chi connectivity index (χ4v) is 5.78. The molecule has 10 heteroatoms. The van der Waals surface area contributed by atoms with Gasteiger partial charge in [0.05, 0.1) is 25.0 Å². The zero-order valence-electron chi connectivity index (χ0n) is 25.1. The van der Waals surface area contributed by atoms with Crippen LogP contribution in [0, 0.1) is 0 Å². The fraction of sp³-hybridized carbons (Fsp3) is 0.353. The van der Waals surface area contributed by atoms with Crippen LogP contribution in [0.1, 0.15) is 47.7 Å². The van der Waals surface area contributed by atoms with Crippen LogP contribution in [-0.4, -0.2) is 68.2 Å². The third kappa shape index (κ3) is 6.85. The maximum Gasteiger partial charge on any atom is 0.415 e. The lowest BCUT2D eigenvalue weighted by Crippen LogP contribution is -2.50. The number of benzene rings is 3. The highest BCUT2D eigenvalue weighted by Gasteiger charge is 2.35. The van der Waals surface area contributed by atoms with Gasteiger partial charge in [-0.2, -0.15) is 0 Å². The molecule has 0 aliphatic carbocycles. The second kappa shape index (κ2) is 14.1. The Morgan fingerprint density at radius 3 is 2.36 bits per heavy atom. The highest BCUT2D eigenvalue weighted by atomic mass is 16.6. The van der Waals surface area contributed by atoms with E-state index in [-0.39, 0.29) is 42.3 Å². The van der Waals surface area contributed by atoms with Crippen LogP contribution in [0.15, 0.2) is 72.8 Å². The molecule has 2 heterocycles. The summed E-state index contributed by atoms with van der Waals surface area (Å²) in [6, 6.07) is 21.9. The van der Waals surface area contributed by atoms with E-state index in [9.17, 15) is 19.2 Å². The fourth-order valence-electron chi connectivity index (χ4n) is 5.78. The highest BCUT2D eigenvalue weighted by molar-refractivity contribution is 6.05. The lowest BCUT2D eigenvalue weighted by Gasteiger charge is -2.41. The summed E-state index contributed by atoms with van der Waals surface area (Å²) >= 11 is 0. The van der Waals surface area contributed by atoms with Crippen LogP contribution in [0.2, 0.25) is 0 Å². The average molecular weight is 600 g/mol. The molecule has 1 fully saturated rings. The largest absolute Gasteiger partial charge is 0.497 e. The van der Waals surface area contributed by atoms with Crippen LogP contribution in [0.4, 0.5) is 16.2 Å². The van der Waals surface area contributed by atoms with Crippen molar-refractivity contribution < 1.29 is 33.4 Å². The van der Waals surface area contributed by atoms with Crippen LogP contribution in [0.5, 0.6) is 5.75 Å². The van der Waals surface area contributed by atoms with Crippen molar-refractivity contribution in [2.24, 2.45) is 0 Å². The number of aryl methyl sites for hydroxylation is 1. The quantitative estimate of drug-likeness (QED) is 0.319. The van der Waals surface area contributed by atoms with Crippen LogP contribution >= 0.6 is 0 Å². The molecule has 0 radical (unpaired) electrons. The number of carbonyl (C=O) groups excluding carboxylic acids is 4. The Bertz CT molecular complexity index is 1500. The summed E-state index contributed by atoms with van der Waals surface area (Å²) < 4.78 is 16.1. The maximum absolute atomic E-state index is 14.0. The molecule has 0 N–H and O–H groups in total. The van der Waals surface area contributed by atoms with Crippen LogP contribution in [0.25, 0.3) is 0 Å². The molecular formula is C34H37N3O7. The number of ether oxygens (including phenoxy) is 3. The van der Waals surface area contributed by atoms with E-state index in [2.05, 4.69) is 6.07 Å². The summed E-state index contributed by atoms with van der Waals surface area (Å²) in [4.78, 5) is 57.8. The monoisotopic (exact) mass is 599 g/mol. The standard InChI is InChI=1S/C34H37N3O7/c1-3-43-32(39)22-36(34(41)44-23-24-9-5-4-6-10-24)30-21-27(42-2)14-15-28(30)33(40)35-19-17-26(18-20-35)37-29-12-8-7-11-25(29)13-16-31(37)38/h4-12,14-15,21,26H,3,13,16-20,22-23H2,1-2H3. The third-order valence-electron chi connectivity index (χ3n) is 7.99. The minimum absolute atomic E-state index is 0.0158. The van der Waals surface area contributed by atoms with Gasteiger partial charge in [0.25, 0.3) is 5.91 Å². The number of carbonyl (C=O) groups is 4. The molecule has 5 rings (SSSR count). The molecule has 2 aliphatic heterocycles. The number of fused-ring (bicyclic) bond motifs is 1. The molecule has 3 aromatic rings. The molecule has 0 atom stereocenters. The van der Waals surface area contributed by atoms with E-state index in [0.29, 0.717) is 38.1 Å². The van der Waals surface area contributed by atoms with Crippen LogP contribution in [0.3, 0.4) is 0 Å². The number of para-hydroxylation sites is 1. The molecule has 0 unspecified atom stereocenters. The predicted molar refractivity (Wildman–Crippen MR) is 165 cm³/mol. The molecule has 3 aromatic carbocycles. The van der Waals surface area contributed by atoms with Crippen molar-refractivity contribution in [2.45, 2.75) is 45.3 Å². The minimum atomic E-state index is -0.801. The van der Waals surface area contributed by atoms with E-state index in [1.54, 1.807) is 30.0 Å². The van der Waals surface area contributed by atoms with Gasteiger partial charge in [-0.05, 0) is 55.5 Å². The number of amides is 3. The summed E-state index contributed by atoms with van der Waals surface area (Å²) in [6.45, 7) is 2.20. The first kappa shape index (κ1) is 30.6. The normalized spacial score (nSPS) is 14.9. The molecule has 0 bridgehead atoms. The molecule has 0 saturated carbocycles. The van der Waals surface area contributed by atoms with Crippen molar-refractivity contribution in [1.82, 2.24) is 4.90 Å². The van der Waals surface area contributed by atoms with Gasteiger partial charge in [-0.3, -0.25) is 19.3 Å². The number of esters is 1. The third-order valence-corrected chi connectivity index (χ3v) is 7.99. The van der Waals surface area contributed by atoms with Gasteiger partial charge in [0.15, 0.2) is 0 Å². The first-order chi connectivity index (χ1) is 21.4. The smallest absolute Gasteiger partial charge is 0.415 e. The average Bonchev–Trinajstić information content (AvgIpc) is 3.06. The lowest BCUT2D eigenvalue weighted by molar-refractivity contribution is -0.141. The van der Waals surface area contributed by atoms with Gasteiger partial charge in [0.1, 0.15) is 18.9 Å². The number of hydrogen-bond donors (Lipinski definition) is 0. The van der Waals surface area contributed by atoms with Gasteiger partial charge >= 0.3 is 12.1 Å². The number of rotatable bonds is 9. The number of anilines is 2. The molecule has 0 spiro atoms. The molecule has 44 heavy (non-hydrogen) atoms. The zero-order valence-corrected chi connectivity index (χ0v) is 25.1. The Balaban J connectivity index is 1.37. The zero-order chi connectivity index (χ0) is 31.1. The van der Waals surface area contributed by atoms with E-state index in [1.165, 1.54) is 7.11 Å². The van der Waals surface area contributed by atoms with Gasteiger partial charge in [-0.1, -0.05) is 48.5 Å². The van der Waals surface area contributed by atoms with Crippen molar-refractivity contribution in [2.75, 3.05) is 43.2 Å². The van der Waals surface area contributed by atoms with E-state index in [4.69, 9.17) is 14.2 Å². The first-order valence-corrected chi connectivity index (χ1v) is 14.9. The number of nitrogens with zero attached hydrogens (tertiary/aromatic N) is 3. The van der Waals surface area contributed by atoms with Gasteiger partial charge < -0.3 is 24.0 Å². The molecule has 2 aliphatic rings. The van der Waals surface area contributed by atoms with E-state index >= 15 is 0 Å². The number of piperidine rings is 1. The molecule has 230 valence electrons. The minimum Gasteiger partial charge on any atom is -0.497 e. The second-order valence-electron chi connectivity index (χ2n) is 10.7. The van der Waals surface area contributed by atoms with Gasteiger partial charge in [0.2, 0.25) is 5.91 Å². The van der Waals surface area contributed by atoms with Crippen LogP contribution in [-0.2, 0) is 32.1 Å². The lowest BCUT2D eigenvalue weighted by atomic mass is 9.95. The van der Waals surface area contributed by atoms with Crippen molar-refractivity contribution in [1.29, 1.82) is 0 Å². The van der Waals surface area contributed by atoms with E-state index in [1.807, 2.05) is 53.4 Å². The SMILES string of the molecule is CCOC(=O)CN(C(=O)OCc1ccccc1)c1cc(OC)ccc1C(=O)N1CCC(N2C(=O)CCc3ccccc32)CC1. The van der Waals surface area contributed by atoms with E-state index < -0.39 is 18.6 Å².